The van der Waals surface area contributed by atoms with Gasteiger partial charge >= 0.3 is 0 Å². The van der Waals surface area contributed by atoms with Crippen molar-refractivity contribution in [2.45, 2.75) is 33.4 Å². The van der Waals surface area contributed by atoms with Crippen LogP contribution in [-0.2, 0) is 17.9 Å². The van der Waals surface area contributed by atoms with Crippen molar-refractivity contribution in [3.63, 3.8) is 0 Å². The van der Waals surface area contributed by atoms with Crippen LogP contribution in [0.1, 0.15) is 31.5 Å². The number of aromatic nitrogens is 2. The molecule has 1 aromatic heterocycles. The van der Waals surface area contributed by atoms with Crippen molar-refractivity contribution < 1.29 is 4.79 Å². The highest BCUT2D eigenvalue weighted by molar-refractivity contribution is 5.79. The summed E-state index contributed by atoms with van der Waals surface area (Å²) in [5, 5.41) is 6.86. The Labute approximate surface area is 83.3 Å². The van der Waals surface area contributed by atoms with E-state index >= 15 is 0 Å². The van der Waals surface area contributed by atoms with E-state index in [4.69, 9.17) is 0 Å². The van der Waals surface area contributed by atoms with Crippen molar-refractivity contribution in [3.05, 3.63) is 17.5 Å². The molecule has 1 aliphatic rings. The number of aromatic amines is 1. The van der Waals surface area contributed by atoms with Gasteiger partial charge in [-0.3, -0.25) is 9.89 Å². The predicted octanol–water partition coefficient (Wildman–Crippen LogP) is 1.30. The third-order valence-corrected chi connectivity index (χ3v) is 2.86. The summed E-state index contributed by atoms with van der Waals surface area (Å²) in [4.78, 5) is 13.7. The smallest absolute Gasteiger partial charge is 0.226 e. The molecule has 1 N–H and O–H groups in total. The van der Waals surface area contributed by atoms with Crippen LogP contribution in [0.3, 0.4) is 0 Å². The van der Waals surface area contributed by atoms with E-state index in [1.165, 1.54) is 0 Å². The normalized spacial score (nSPS) is 16.9. The predicted molar refractivity (Wildman–Crippen MR) is 52.3 cm³/mol. The molecule has 0 spiro atoms. The summed E-state index contributed by atoms with van der Waals surface area (Å²) in [6.45, 7) is 5.43. The van der Waals surface area contributed by atoms with Gasteiger partial charge in [-0.2, -0.15) is 5.10 Å². The van der Waals surface area contributed by atoms with Gasteiger partial charge in [-0.1, -0.05) is 13.8 Å². The highest BCUT2D eigenvalue weighted by atomic mass is 16.2. The molecule has 76 valence electrons. The summed E-state index contributed by atoms with van der Waals surface area (Å²) in [6, 6.07) is 0. The molecule has 0 fully saturated rings. The maximum atomic E-state index is 11.8. The quantitative estimate of drug-likeness (QED) is 0.769. The van der Waals surface area contributed by atoms with E-state index in [-0.39, 0.29) is 11.8 Å². The van der Waals surface area contributed by atoms with Crippen molar-refractivity contribution in [3.8, 4) is 0 Å². The molecular formula is C10H15N3O. The number of amides is 1. The first-order valence-corrected chi connectivity index (χ1v) is 5.02. The minimum atomic E-state index is 0.131. The maximum Gasteiger partial charge on any atom is 0.226 e. The maximum absolute atomic E-state index is 11.8. The first-order chi connectivity index (χ1) is 6.72. The highest BCUT2D eigenvalue weighted by Crippen LogP contribution is 2.22. The Morgan fingerprint density at radius 3 is 3.14 bits per heavy atom. The Kier molecular flexibility index (Phi) is 2.27. The average Bonchev–Trinajstić information content (AvgIpc) is 2.74. The van der Waals surface area contributed by atoms with Crippen LogP contribution in [0.25, 0.3) is 0 Å². The second-order valence-electron chi connectivity index (χ2n) is 3.88. The lowest BCUT2D eigenvalue weighted by atomic mass is 10.1. The SMILES string of the molecule is CCC(C)C(=O)N1Cc2cn[nH]c2C1. The molecule has 0 bridgehead atoms. The molecule has 1 aliphatic heterocycles. The van der Waals surface area contributed by atoms with Crippen LogP contribution in [0.15, 0.2) is 6.20 Å². The topological polar surface area (TPSA) is 49.0 Å². The lowest BCUT2D eigenvalue weighted by molar-refractivity contribution is -0.135. The summed E-state index contributed by atoms with van der Waals surface area (Å²) in [6.07, 6.45) is 2.71. The fraction of sp³-hybridized carbons (Fsp3) is 0.600. The number of carbonyl (C=O) groups is 1. The number of H-pyrrole nitrogens is 1. The van der Waals surface area contributed by atoms with Gasteiger partial charge in [0.1, 0.15) is 0 Å². The lowest BCUT2D eigenvalue weighted by Crippen LogP contribution is -2.30. The molecule has 2 rings (SSSR count). The Morgan fingerprint density at radius 1 is 1.71 bits per heavy atom. The monoisotopic (exact) mass is 193 g/mol. The number of hydrogen-bond acceptors (Lipinski definition) is 2. The fourth-order valence-electron chi connectivity index (χ4n) is 1.71. The second kappa shape index (κ2) is 3.44. The van der Waals surface area contributed by atoms with E-state index in [9.17, 15) is 4.79 Å². The van der Waals surface area contributed by atoms with Gasteiger partial charge in [0.05, 0.1) is 18.4 Å². The standard InChI is InChI=1S/C10H15N3O/c1-3-7(2)10(14)13-5-8-4-11-12-9(8)6-13/h4,7H,3,5-6H2,1-2H3,(H,11,12). The molecule has 1 unspecified atom stereocenters. The zero-order valence-electron chi connectivity index (χ0n) is 8.58. The third-order valence-electron chi connectivity index (χ3n) is 2.86. The van der Waals surface area contributed by atoms with Gasteiger partial charge in [0.25, 0.3) is 0 Å². The number of rotatable bonds is 2. The minimum Gasteiger partial charge on any atom is -0.332 e. The van der Waals surface area contributed by atoms with Gasteiger partial charge in [0.15, 0.2) is 0 Å². The van der Waals surface area contributed by atoms with Crippen LogP contribution < -0.4 is 0 Å². The summed E-state index contributed by atoms with van der Waals surface area (Å²) in [5.74, 6) is 0.379. The molecule has 0 radical (unpaired) electrons. The summed E-state index contributed by atoms with van der Waals surface area (Å²) >= 11 is 0. The van der Waals surface area contributed by atoms with Gasteiger partial charge in [-0.15, -0.1) is 0 Å². The Hall–Kier alpha value is -1.32. The van der Waals surface area contributed by atoms with E-state index in [0.717, 1.165) is 24.2 Å². The van der Waals surface area contributed by atoms with E-state index < -0.39 is 0 Å². The fourth-order valence-corrected chi connectivity index (χ4v) is 1.71. The van der Waals surface area contributed by atoms with Crippen LogP contribution in [0, 0.1) is 5.92 Å². The zero-order valence-corrected chi connectivity index (χ0v) is 8.58. The van der Waals surface area contributed by atoms with Gasteiger partial charge in [0.2, 0.25) is 5.91 Å². The lowest BCUT2D eigenvalue weighted by Gasteiger charge is -2.19. The van der Waals surface area contributed by atoms with Crippen LogP contribution in [0.2, 0.25) is 0 Å². The molecule has 14 heavy (non-hydrogen) atoms. The number of fused-ring (bicyclic) bond motifs is 1. The van der Waals surface area contributed by atoms with Crippen molar-refractivity contribution in [1.29, 1.82) is 0 Å². The molecule has 1 atom stereocenters. The average molecular weight is 193 g/mol. The largest absolute Gasteiger partial charge is 0.332 e. The Morgan fingerprint density at radius 2 is 2.50 bits per heavy atom. The molecule has 4 heteroatoms. The van der Waals surface area contributed by atoms with Crippen LogP contribution in [0.5, 0.6) is 0 Å². The third kappa shape index (κ3) is 1.41. The number of nitrogens with one attached hydrogen (secondary N) is 1. The molecular weight excluding hydrogens is 178 g/mol. The Bertz CT molecular complexity index is 324. The first kappa shape index (κ1) is 9.24. The first-order valence-electron chi connectivity index (χ1n) is 5.02. The molecule has 0 saturated carbocycles. The van der Waals surface area contributed by atoms with Gasteiger partial charge in [-0.25, -0.2) is 0 Å². The van der Waals surface area contributed by atoms with E-state index in [1.54, 1.807) is 6.20 Å². The van der Waals surface area contributed by atoms with Crippen molar-refractivity contribution in [2.24, 2.45) is 5.92 Å². The van der Waals surface area contributed by atoms with Gasteiger partial charge in [-0.05, 0) is 6.42 Å². The zero-order chi connectivity index (χ0) is 10.1. The molecule has 0 saturated heterocycles. The second-order valence-corrected chi connectivity index (χ2v) is 3.88. The number of nitrogens with zero attached hydrogens (tertiary/aromatic N) is 2. The molecule has 0 aromatic carbocycles. The molecule has 1 aromatic rings. The molecule has 0 aliphatic carbocycles. The minimum absolute atomic E-state index is 0.131. The van der Waals surface area contributed by atoms with Crippen LogP contribution >= 0.6 is 0 Å². The Balaban J connectivity index is 2.04. The number of carbonyl (C=O) groups excluding carboxylic acids is 1. The molecule has 1 amide bonds. The van der Waals surface area contributed by atoms with Gasteiger partial charge < -0.3 is 4.90 Å². The highest BCUT2D eigenvalue weighted by Gasteiger charge is 2.26. The molecule has 4 nitrogen and oxygen atoms in total. The van der Waals surface area contributed by atoms with E-state index in [1.807, 2.05) is 18.7 Å². The van der Waals surface area contributed by atoms with E-state index in [2.05, 4.69) is 10.2 Å². The van der Waals surface area contributed by atoms with Crippen molar-refractivity contribution in [1.82, 2.24) is 15.1 Å². The van der Waals surface area contributed by atoms with Crippen LogP contribution in [-0.4, -0.2) is 21.0 Å². The van der Waals surface area contributed by atoms with Crippen LogP contribution in [0.4, 0.5) is 0 Å². The van der Waals surface area contributed by atoms with Gasteiger partial charge in [0, 0.05) is 18.0 Å². The summed E-state index contributed by atoms with van der Waals surface area (Å²) in [5.41, 5.74) is 2.24. The van der Waals surface area contributed by atoms with Crippen molar-refractivity contribution in [2.75, 3.05) is 0 Å². The summed E-state index contributed by atoms with van der Waals surface area (Å²) < 4.78 is 0. The van der Waals surface area contributed by atoms with E-state index in [0.29, 0.717) is 6.54 Å². The molecule has 2 heterocycles. The summed E-state index contributed by atoms with van der Waals surface area (Å²) in [7, 11) is 0. The number of hydrogen-bond donors (Lipinski definition) is 1. The van der Waals surface area contributed by atoms with Crippen molar-refractivity contribution >= 4 is 5.91 Å².